The van der Waals surface area contributed by atoms with Gasteiger partial charge in [0.05, 0.1) is 10.0 Å². The first-order valence-electron chi connectivity index (χ1n) is 5.65. The van der Waals surface area contributed by atoms with E-state index in [1.807, 2.05) is 0 Å². The molecule has 0 bridgehead atoms. The van der Waals surface area contributed by atoms with Crippen molar-refractivity contribution < 1.29 is 18.3 Å². The fraction of sp³-hybridized carbons (Fsp3) is 0.364. The number of sulfonamides is 1. The van der Waals surface area contributed by atoms with Crippen LogP contribution in [0.3, 0.4) is 0 Å². The highest BCUT2D eigenvalue weighted by molar-refractivity contribution is 7.89. The molecule has 0 radical (unpaired) electrons. The van der Waals surface area contributed by atoms with Crippen LogP contribution in [0.25, 0.3) is 0 Å². The number of hydrogen-bond donors (Lipinski definition) is 2. The molecule has 20 heavy (non-hydrogen) atoms. The van der Waals surface area contributed by atoms with Crippen molar-refractivity contribution in [3.63, 3.8) is 0 Å². The molecule has 0 amide bonds. The first kappa shape index (κ1) is 15.5. The summed E-state index contributed by atoms with van der Waals surface area (Å²) in [7, 11) is -3.98. The fourth-order valence-corrected chi connectivity index (χ4v) is 4.64. The Labute approximate surface area is 126 Å². The van der Waals surface area contributed by atoms with Crippen molar-refractivity contribution in [3.05, 3.63) is 28.2 Å². The van der Waals surface area contributed by atoms with Gasteiger partial charge >= 0.3 is 5.97 Å². The minimum absolute atomic E-state index is 0.00663. The third kappa shape index (κ3) is 2.51. The van der Waals surface area contributed by atoms with Gasteiger partial charge in [0.2, 0.25) is 10.0 Å². The largest absolute Gasteiger partial charge is 0.480 e. The molecule has 6 nitrogen and oxygen atoms in total. The van der Waals surface area contributed by atoms with Crippen molar-refractivity contribution in [2.45, 2.75) is 16.9 Å². The Morgan fingerprint density at radius 2 is 1.90 bits per heavy atom. The van der Waals surface area contributed by atoms with Gasteiger partial charge in [-0.05, 0) is 18.6 Å². The molecule has 1 atom stereocenters. The van der Waals surface area contributed by atoms with Crippen LogP contribution in [-0.4, -0.2) is 42.4 Å². The maximum absolute atomic E-state index is 12.5. The Kier molecular flexibility index (Phi) is 4.01. The van der Waals surface area contributed by atoms with Gasteiger partial charge in [-0.15, -0.1) is 0 Å². The molecule has 2 rings (SSSR count). The van der Waals surface area contributed by atoms with Crippen molar-refractivity contribution in [1.82, 2.24) is 4.31 Å². The number of rotatable bonds is 3. The summed E-state index contributed by atoms with van der Waals surface area (Å²) in [4.78, 5) is 10.8. The summed E-state index contributed by atoms with van der Waals surface area (Å²) in [5.74, 6) is -1.24. The van der Waals surface area contributed by atoms with Crippen LogP contribution in [0, 0.1) is 0 Å². The third-order valence-electron chi connectivity index (χ3n) is 3.21. The van der Waals surface area contributed by atoms with E-state index in [4.69, 9.17) is 34.0 Å². The molecule has 0 spiro atoms. The van der Waals surface area contributed by atoms with E-state index >= 15 is 0 Å². The number of carbonyl (C=O) groups is 1. The molecule has 0 aromatic heterocycles. The van der Waals surface area contributed by atoms with Crippen LogP contribution in [-0.2, 0) is 14.8 Å². The highest BCUT2D eigenvalue weighted by Crippen LogP contribution is 2.34. The van der Waals surface area contributed by atoms with Gasteiger partial charge in [-0.3, -0.25) is 4.79 Å². The monoisotopic (exact) mass is 338 g/mol. The molecule has 1 aliphatic heterocycles. The molecule has 110 valence electrons. The van der Waals surface area contributed by atoms with Gasteiger partial charge in [0.15, 0.2) is 0 Å². The highest BCUT2D eigenvalue weighted by atomic mass is 35.5. The standard InChI is InChI=1S/C11H12Cl2N2O4S/c12-7-2-1-3-8(13)9(7)20(18,19)15-5-4-11(14,6-15)10(16)17/h1-3H,4-6,14H2,(H,16,17). The summed E-state index contributed by atoms with van der Waals surface area (Å²) < 4.78 is 26.0. The average Bonchev–Trinajstić information content (AvgIpc) is 2.73. The lowest BCUT2D eigenvalue weighted by molar-refractivity contribution is -0.142. The quantitative estimate of drug-likeness (QED) is 0.861. The summed E-state index contributed by atoms with van der Waals surface area (Å²) in [5, 5.41) is 9.01. The summed E-state index contributed by atoms with van der Waals surface area (Å²) in [6, 6.07) is 4.34. The molecule has 1 unspecified atom stereocenters. The lowest BCUT2D eigenvalue weighted by Gasteiger charge is -2.20. The zero-order valence-electron chi connectivity index (χ0n) is 10.2. The second-order valence-corrected chi connectivity index (χ2v) is 7.29. The summed E-state index contributed by atoms with van der Waals surface area (Å²) in [6.07, 6.45) is 0.0314. The molecule has 0 saturated carbocycles. The van der Waals surface area contributed by atoms with Gasteiger partial charge in [-0.2, -0.15) is 4.31 Å². The van der Waals surface area contributed by atoms with Crippen molar-refractivity contribution in [2.75, 3.05) is 13.1 Å². The second kappa shape index (κ2) is 5.16. The number of nitrogens with two attached hydrogens (primary N) is 1. The number of nitrogens with zero attached hydrogens (tertiary/aromatic N) is 1. The summed E-state index contributed by atoms with van der Waals surface area (Å²) in [5.41, 5.74) is 4.09. The maximum atomic E-state index is 12.5. The van der Waals surface area contributed by atoms with Gasteiger partial charge in [0.25, 0.3) is 0 Å². The van der Waals surface area contributed by atoms with Crippen LogP contribution in [0.2, 0.25) is 10.0 Å². The van der Waals surface area contributed by atoms with Gasteiger partial charge in [0.1, 0.15) is 10.4 Å². The van der Waals surface area contributed by atoms with E-state index in [1.165, 1.54) is 18.2 Å². The van der Waals surface area contributed by atoms with Gasteiger partial charge in [0, 0.05) is 13.1 Å². The van der Waals surface area contributed by atoms with Crippen molar-refractivity contribution in [1.29, 1.82) is 0 Å². The minimum atomic E-state index is -3.98. The molecule has 1 aromatic rings. The van der Waals surface area contributed by atoms with E-state index in [-0.39, 0.29) is 34.5 Å². The Bertz CT molecular complexity index is 644. The molecular weight excluding hydrogens is 327 g/mol. The first-order valence-corrected chi connectivity index (χ1v) is 7.84. The first-order chi connectivity index (χ1) is 9.18. The molecule has 1 fully saturated rings. The molecule has 1 aliphatic rings. The van der Waals surface area contributed by atoms with Crippen LogP contribution in [0.1, 0.15) is 6.42 Å². The van der Waals surface area contributed by atoms with Crippen LogP contribution >= 0.6 is 23.2 Å². The van der Waals surface area contributed by atoms with Gasteiger partial charge in [-0.25, -0.2) is 8.42 Å². The molecule has 1 heterocycles. The van der Waals surface area contributed by atoms with Crippen LogP contribution in [0.5, 0.6) is 0 Å². The summed E-state index contributed by atoms with van der Waals surface area (Å²) in [6.45, 7) is -0.307. The average molecular weight is 339 g/mol. The smallest absolute Gasteiger partial charge is 0.325 e. The predicted octanol–water partition coefficient (Wildman–Crippen LogP) is 1.17. The number of aliphatic carboxylic acids is 1. The lowest BCUT2D eigenvalue weighted by Crippen LogP contribution is -2.50. The normalized spacial score (nSPS) is 23.9. The van der Waals surface area contributed by atoms with E-state index in [1.54, 1.807) is 0 Å². The van der Waals surface area contributed by atoms with E-state index < -0.39 is 21.5 Å². The number of carboxylic acids is 1. The molecule has 1 saturated heterocycles. The number of benzene rings is 1. The van der Waals surface area contributed by atoms with Crippen molar-refractivity contribution in [3.8, 4) is 0 Å². The summed E-state index contributed by atoms with van der Waals surface area (Å²) >= 11 is 11.8. The number of hydrogen-bond acceptors (Lipinski definition) is 4. The predicted molar refractivity (Wildman–Crippen MR) is 74.4 cm³/mol. The molecule has 1 aromatic carbocycles. The molecule has 0 aliphatic carbocycles. The Hall–Kier alpha value is -0.860. The molecular formula is C11H12Cl2N2O4S. The maximum Gasteiger partial charge on any atom is 0.325 e. The zero-order valence-corrected chi connectivity index (χ0v) is 12.5. The number of carboxylic acid groups (broad SMARTS) is 1. The Morgan fingerprint density at radius 1 is 1.35 bits per heavy atom. The van der Waals surface area contributed by atoms with Gasteiger partial charge < -0.3 is 10.8 Å². The topological polar surface area (TPSA) is 101 Å². The van der Waals surface area contributed by atoms with Crippen LogP contribution in [0.15, 0.2) is 23.1 Å². The lowest BCUT2D eigenvalue weighted by atomic mass is 10.0. The molecule has 3 N–H and O–H groups in total. The van der Waals surface area contributed by atoms with E-state index in [0.717, 1.165) is 4.31 Å². The third-order valence-corrected chi connectivity index (χ3v) is 6.01. The van der Waals surface area contributed by atoms with E-state index in [2.05, 4.69) is 0 Å². The number of halogens is 2. The Balaban J connectivity index is 2.41. The van der Waals surface area contributed by atoms with Gasteiger partial charge in [-0.1, -0.05) is 29.3 Å². The van der Waals surface area contributed by atoms with Crippen molar-refractivity contribution >= 4 is 39.2 Å². The van der Waals surface area contributed by atoms with Crippen LogP contribution < -0.4 is 5.73 Å². The fourth-order valence-electron chi connectivity index (χ4n) is 2.03. The molecule has 9 heteroatoms. The Morgan fingerprint density at radius 3 is 2.35 bits per heavy atom. The van der Waals surface area contributed by atoms with E-state index in [0.29, 0.717) is 0 Å². The van der Waals surface area contributed by atoms with E-state index in [9.17, 15) is 13.2 Å². The SMILES string of the molecule is NC1(C(=O)O)CCN(S(=O)(=O)c2c(Cl)cccc2Cl)C1. The van der Waals surface area contributed by atoms with Crippen molar-refractivity contribution in [2.24, 2.45) is 5.73 Å². The second-order valence-electron chi connectivity index (χ2n) is 4.60. The zero-order chi connectivity index (χ0) is 15.1. The minimum Gasteiger partial charge on any atom is -0.480 e. The van der Waals surface area contributed by atoms with Crippen LogP contribution in [0.4, 0.5) is 0 Å². The highest BCUT2D eigenvalue weighted by Gasteiger charge is 2.46.